The van der Waals surface area contributed by atoms with Crippen molar-refractivity contribution in [1.29, 1.82) is 5.41 Å². The zero-order valence-corrected chi connectivity index (χ0v) is 29.0. The van der Waals surface area contributed by atoms with Gasteiger partial charge in [-0.3, -0.25) is 9.59 Å². The van der Waals surface area contributed by atoms with Gasteiger partial charge in [-0.1, -0.05) is 24.3 Å². The van der Waals surface area contributed by atoms with Gasteiger partial charge in [-0.05, 0) is 57.2 Å². The van der Waals surface area contributed by atoms with Crippen molar-refractivity contribution >= 4 is 35.3 Å². The van der Waals surface area contributed by atoms with E-state index >= 15 is 0 Å². The van der Waals surface area contributed by atoms with E-state index in [1.807, 2.05) is 0 Å². The smallest absolute Gasteiger partial charge is 0.359 e. The van der Waals surface area contributed by atoms with E-state index in [1.165, 1.54) is 26.6 Å². The number of nitrogens with one attached hydrogen (secondary N) is 2. The number of aromatic nitrogens is 4. The third-order valence-electron chi connectivity index (χ3n) is 6.23. The molecule has 1 aliphatic rings. The maximum absolute atomic E-state index is 12.2. The van der Waals surface area contributed by atoms with Crippen molar-refractivity contribution < 1.29 is 47.6 Å². The lowest BCUT2D eigenvalue weighted by atomic mass is 10.2. The van der Waals surface area contributed by atoms with Crippen molar-refractivity contribution in [3.8, 4) is 23.0 Å². The summed E-state index contributed by atoms with van der Waals surface area (Å²) in [6, 6.07) is 16.7. The third-order valence-corrected chi connectivity index (χ3v) is 6.23. The van der Waals surface area contributed by atoms with Crippen LogP contribution in [0.15, 0.2) is 90.4 Å². The van der Waals surface area contributed by atoms with E-state index < -0.39 is 36.0 Å². The highest BCUT2D eigenvalue weighted by molar-refractivity contribution is 6.21. The number of ether oxygens (including phenoxy) is 6. The van der Waals surface area contributed by atoms with E-state index in [4.69, 9.17) is 33.8 Å². The monoisotopic (exact) mass is 715 g/mol. The van der Waals surface area contributed by atoms with Crippen LogP contribution in [-0.2, 0) is 28.7 Å². The standard InChI is InChI=1S/C15H12N4O4.C14H18O6.C6H7N3/c1-22-9-5-2-3-6-10(9)23-11-14(20)18-13(19-15(11)21)12-16-7-4-8-17-12;1-4-18-13(15)12(14(16)19-5-2)20-11-9-7-6-8-10(11)17-3;1-5(7)6-8-3-2-4-9-6/h2-8,11H,1H3,(H,18,19,20,21);6-9,12H,4-5H2,1-3H3;2-4,7H,1H3. The largest absolute Gasteiger partial charge is 0.493 e. The van der Waals surface area contributed by atoms with Gasteiger partial charge in [0, 0.05) is 24.8 Å². The molecule has 3 heterocycles. The van der Waals surface area contributed by atoms with E-state index in [1.54, 1.807) is 93.8 Å². The summed E-state index contributed by atoms with van der Waals surface area (Å²) in [5.41, 5.74) is 0.399. The molecule has 52 heavy (non-hydrogen) atoms. The minimum Gasteiger partial charge on any atom is -0.493 e. The van der Waals surface area contributed by atoms with Gasteiger partial charge >= 0.3 is 11.9 Å². The number of rotatable bonds is 12. The third kappa shape index (κ3) is 11.7. The number of carbonyl (C=O) groups is 4. The molecule has 0 saturated carbocycles. The van der Waals surface area contributed by atoms with Crippen LogP contribution >= 0.6 is 0 Å². The van der Waals surface area contributed by atoms with E-state index in [0.717, 1.165) is 0 Å². The Morgan fingerprint density at radius 3 is 1.69 bits per heavy atom. The number of carbonyl (C=O) groups excluding carboxylic acids is 4. The first-order chi connectivity index (χ1) is 25.1. The van der Waals surface area contributed by atoms with Crippen LogP contribution in [0, 0.1) is 5.41 Å². The second-order valence-corrected chi connectivity index (χ2v) is 9.86. The Morgan fingerprint density at radius 2 is 1.23 bits per heavy atom. The predicted octanol–water partition coefficient (Wildman–Crippen LogP) is 2.77. The van der Waals surface area contributed by atoms with Crippen LogP contribution in [0.1, 0.15) is 32.4 Å². The highest BCUT2D eigenvalue weighted by Crippen LogP contribution is 2.28. The molecule has 0 radical (unpaired) electrons. The van der Waals surface area contributed by atoms with E-state index in [2.05, 4.69) is 30.2 Å². The Balaban J connectivity index is 0.000000229. The summed E-state index contributed by atoms with van der Waals surface area (Å²) in [6.45, 7) is 5.23. The molecule has 1 atom stereocenters. The highest BCUT2D eigenvalue weighted by atomic mass is 16.6. The number of hydrogen-bond acceptors (Lipinski definition) is 15. The maximum Gasteiger partial charge on any atom is 0.359 e. The van der Waals surface area contributed by atoms with Gasteiger partial charge in [-0.25, -0.2) is 29.5 Å². The average molecular weight is 716 g/mol. The summed E-state index contributed by atoms with van der Waals surface area (Å²) >= 11 is 0. The summed E-state index contributed by atoms with van der Waals surface area (Å²) in [7, 11) is 2.93. The zero-order chi connectivity index (χ0) is 37.9. The molecule has 0 aliphatic carbocycles. The number of amides is 2. The fraction of sp³-hybridized carbons (Fsp3) is 0.257. The quantitative estimate of drug-likeness (QED) is 0.122. The lowest BCUT2D eigenvalue weighted by molar-refractivity contribution is -0.166. The number of hydrogen-bond donors (Lipinski definition) is 2. The molecule has 2 N–H and O–H groups in total. The molecule has 1 aliphatic heterocycles. The first kappa shape index (κ1) is 39.7. The van der Waals surface area contributed by atoms with Crippen molar-refractivity contribution in [2.45, 2.75) is 33.0 Å². The van der Waals surface area contributed by atoms with Crippen LogP contribution in [0.5, 0.6) is 23.0 Å². The Labute approximate surface area is 298 Å². The van der Waals surface area contributed by atoms with Gasteiger partial charge in [0.25, 0.3) is 24.0 Å². The number of amidine groups is 1. The second kappa shape index (κ2) is 20.7. The minimum absolute atomic E-state index is 0.000441. The van der Waals surface area contributed by atoms with Gasteiger partial charge in [0.2, 0.25) is 0 Å². The molecule has 272 valence electrons. The Bertz CT molecular complexity index is 1820. The fourth-order valence-corrected chi connectivity index (χ4v) is 3.93. The highest BCUT2D eigenvalue weighted by Gasteiger charge is 2.36. The van der Waals surface area contributed by atoms with Crippen LogP contribution in [0.2, 0.25) is 0 Å². The van der Waals surface area contributed by atoms with Gasteiger partial charge in [0.1, 0.15) is 0 Å². The molecular formula is C35H37N7O10. The van der Waals surface area contributed by atoms with E-state index in [-0.39, 0.29) is 36.4 Å². The first-order valence-corrected chi connectivity index (χ1v) is 15.6. The topological polar surface area (TPSA) is 223 Å². The molecule has 5 rings (SSSR count). The van der Waals surface area contributed by atoms with Gasteiger partial charge in [-0.2, -0.15) is 4.99 Å². The second-order valence-electron chi connectivity index (χ2n) is 9.86. The molecule has 0 fully saturated rings. The van der Waals surface area contributed by atoms with Crippen LogP contribution < -0.4 is 24.3 Å². The molecule has 1 unspecified atom stereocenters. The lowest BCUT2D eigenvalue weighted by Gasteiger charge is -2.21. The number of esters is 2. The molecule has 0 bridgehead atoms. The van der Waals surface area contributed by atoms with E-state index in [9.17, 15) is 19.2 Å². The zero-order valence-electron chi connectivity index (χ0n) is 29.0. The van der Waals surface area contributed by atoms with Gasteiger partial charge in [0.05, 0.1) is 33.1 Å². The van der Waals surface area contributed by atoms with Crippen LogP contribution in [0.25, 0.3) is 0 Å². The number of methoxy groups -OCH3 is 2. The molecule has 0 spiro atoms. The van der Waals surface area contributed by atoms with Gasteiger partial charge in [0.15, 0.2) is 40.5 Å². The van der Waals surface area contributed by atoms with Crippen molar-refractivity contribution in [3.05, 3.63) is 97.1 Å². The first-order valence-electron chi connectivity index (χ1n) is 15.6. The fourth-order valence-electron chi connectivity index (χ4n) is 3.93. The molecular weight excluding hydrogens is 678 g/mol. The molecule has 4 aromatic rings. The Kier molecular flexibility index (Phi) is 15.8. The Hall–Kier alpha value is -6.78. The predicted molar refractivity (Wildman–Crippen MR) is 184 cm³/mol. The molecule has 2 aromatic carbocycles. The van der Waals surface area contributed by atoms with Gasteiger partial charge < -0.3 is 39.1 Å². The molecule has 17 nitrogen and oxygen atoms in total. The number of nitrogens with zero attached hydrogens (tertiary/aromatic N) is 5. The Morgan fingerprint density at radius 1 is 0.750 bits per heavy atom. The van der Waals surface area contributed by atoms with Crippen LogP contribution in [0.4, 0.5) is 0 Å². The minimum atomic E-state index is -1.47. The number of aliphatic imine (C=N–C) groups is 1. The summed E-state index contributed by atoms with van der Waals surface area (Å²) in [5, 5.41) is 9.58. The molecule has 2 aromatic heterocycles. The van der Waals surface area contributed by atoms with Crippen molar-refractivity contribution in [2.24, 2.45) is 4.99 Å². The van der Waals surface area contributed by atoms with Crippen molar-refractivity contribution in [1.82, 2.24) is 25.3 Å². The maximum atomic E-state index is 12.2. The normalized spacial score (nSPS) is 13.0. The molecule has 0 saturated heterocycles. The lowest BCUT2D eigenvalue weighted by Crippen LogP contribution is -2.50. The number of para-hydroxylation sites is 4. The van der Waals surface area contributed by atoms with Crippen LogP contribution in [0.3, 0.4) is 0 Å². The van der Waals surface area contributed by atoms with Crippen molar-refractivity contribution in [3.63, 3.8) is 0 Å². The van der Waals surface area contributed by atoms with Crippen LogP contribution in [-0.4, -0.2) is 94.9 Å². The van der Waals surface area contributed by atoms with Crippen molar-refractivity contribution in [2.75, 3.05) is 27.4 Å². The van der Waals surface area contributed by atoms with Gasteiger partial charge in [-0.15, -0.1) is 0 Å². The summed E-state index contributed by atoms with van der Waals surface area (Å²) in [5.74, 6) is -0.948. The molecule has 2 amide bonds. The SMILES string of the molecule is CC(=N)c1ncccn1.CCOC(=O)C(Oc1ccccc1OC)C(=O)OCC.COc1ccccc1OC1C(=O)N=C(c2ncccn2)NC1=O. The average Bonchev–Trinajstić information content (AvgIpc) is 3.16. The molecule has 17 heteroatoms. The van der Waals surface area contributed by atoms with E-state index in [0.29, 0.717) is 23.0 Å². The summed E-state index contributed by atoms with van der Waals surface area (Å²) < 4.78 is 30.7. The summed E-state index contributed by atoms with van der Waals surface area (Å²) in [6.07, 6.45) is 3.36. The number of benzene rings is 2. The summed E-state index contributed by atoms with van der Waals surface area (Å²) in [4.78, 5) is 67.2.